The zero-order valence-electron chi connectivity index (χ0n) is 9.76. The van der Waals surface area contributed by atoms with Gasteiger partial charge in [-0.25, -0.2) is 4.98 Å². The van der Waals surface area contributed by atoms with Crippen LogP contribution < -0.4 is 5.56 Å². The fraction of sp³-hybridized carbons (Fsp3) is 0.636. The zero-order valence-corrected chi connectivity index (χ0v) is 10.6. The van der Waals surface area contributed by atoms with Crippen LogP contribution >= 0.6 is 11.8 Å². The first-order valence-electron chi connectivity index (χ1n) is 5.20. The second-order valence-corrected chi connectivity index (χ2v) is 6.32. The van der Waals surface area contributed by atoms with E-state index in [4.69, 9.17) is 0 Å². The van der Waals surface area contributed by atoms with E-state index in [0.29, 0.717) is 0 Å². The van der Waals surface area contributed by atoms with E-state index in [-0.39, 0.29) is 10.3 Å². The fourth-order valence-electron chi connectivity index (χ4n) is 1.21. The van der Waals surface area contributed by atoms with Crippen LogP contribution in [-0.2, 0) is 6.42 Å². The van der Waals surface area contributed by atoms with Gasteiger partial charge in [0.25, 0.3) is 5.56 Å². The highest BCUT2D eigenvalue weighted by atomic mass is 32.2. The van der Waals surface area contributed by atoms with Gasteiger partial charge in [0.1, 0.15) is 0 Å². The molecule has 0 atom stereocenters. The number of hydrogen-bond donors (Lipinski definition) is 1. The first-order valence-corrected chi connectivity index (χ1v) is 6.01. The van der Waals surface area contributed by atoms with Crippen LogP contribution in [0.2, 0.25) is 0 Å². The van der Waals surface area contributed by atoms with Crippen LogP contribution in [0.1, 0.15) is 39.8 Å². The van der Waals surface area contributed by atoms with E-state index < -0.39 is 0 Å². The number of aromatic amines is 1. The van der Waals surface area contributed by atoms with Crippen LogP contribution in [0.5, 0.6) is 0 Å². The monoisotopic (exact) mass is 226 g/mol. The van der Waals surface area contributed by atoms with Crippen molar-refractivity contribution in [3.63, 3.8) is 0 Å². The Balaban J connectivity index is 2.94. The maximum absolute atomic E-state index is 11.4. The van der Waals surface area contributed by atoms with Gasteiger partial charge in [0.05, 0.1) is 0 Å². The molecule has 0 saturated heterocycles. The Morgan fingerprint density at radius 1 is 1.47 bits per heavy atom. The molecule has 0 saturated carbocycles. The molecule has 0 amide bonds. The lowest BCUT2D eigenvalue weighted by molar-refractivity contribution is 0.775. The van der Waals surface area contributed by atoms with Crippen LogP contribution in [-0.4, -0.2) is 14.7 Å². The van der Waals surface area contributed by atoms with Gasteiger partial charge in [-0.1, -0.05) is 45.9 Å². The summed E-state index contributed by atoms with van der Waals surface area (Å²) in [5.74, 6) is 0. The molecule has 0 aromatic carbocycles. The van der Waals surface area contributed by atoms with E-state index in [0.717, 1.165) is 23.7 Å². The Kier molecular flexibility index (Phi) is 3.97. The number of nitrogens with zero attached hydrogens (tertiary/aromatic N) is 1. The van der Waals surface area contributed by atoms with Crippen LogP contribution in [0.3, 0.4) is 0 Å². The number of H-pyrrole nitrogens is 1. The van der Waals surface area contributed by atoms with Crippen molar-refractivity contribution in [1.82, 2.24) is 9.97 Å². The van der Waals surface area contributed by atoms with Crippen LogP contribution in [0.4, 0.5) is 0 Å². The summed E-state index contributed by atoms with van der Waals surface area (Å²) in [6.07, 6.45) is 1.87. The molecule has 1 N–H and O–H groups in total. The number of aromatic nitrogens is 2. The lowest BCUT2D eigenvalue weighted by atomic mass is 10.2. The minimum atomic E-state index is -0.0554. The molecule has 84 valence electrons. The lowest BCUT2D eigenvalue weighted by Crippen LogP contribution is -2.14. The molecule has 1 heterocycles. The fourth-order valence-corrected chi connectivity index (χ4v) is 2.10. The summed E-state index contributed by atoms with van der Waals surface area (Å²) in [7, 11) is 0. The second-order valence-electron chi connectivity index (χ2n) is 4.51. The molecule has 0 aliphatic heterocycles. The summed E-state index contributed by atoms with van der Waals surface area (Å²) in [5, 5.41) is 0.721. The van der Waals surface area contributed by atoms with Crippen LogP contribution in [0, 0.1) is 0 Å². The van der Waals surface area contributed by atoms with E-state index in [1.165, 1.54) is 0 Å². The molecule has 3 nitrogen and oxygen atoms in total. The Hall–Kier alpha value is -0.770. The van der Waals surface area contributed by atoms with Gasteiger partial charge in [-0.3, -0.25) is 4.79 Å². The number of nitrogens with one attached hydrogen (secondary N) is 1. The molecular formula is C11H18N2OS. The molecule has 1 rings (SSSR count). The molecule has 0 fully saturated rings. The minimum absolute atomic E-state index is 0.0554. The number of aryl methyl sites for hydroxylation is 1. The van der Waals surface area contributed by atoms with Gasteiger partial charge < -0.3 is 4.98 Å². The van der Waals surface area contributed by atoms with E-state index in [2.05, 4.69) is 37.7 Å². The summed E-state index contributed by atoms with van der Waals surface area (Å²) in [6, 6.07) is 1.58. The molecule has 0 bridgehead atoms. The van der Waals surface area contributed by atoms with Gasteiger partial charge in [-0.2, -0.15) is 0 Å². The normalized spacial score (nSPS) is 11.7. The largest absolute Gasteiger partial charge is 0.301 e. The summed E-state index contributed by atoms with van der Waals surface area (Å²) in [6.45, 7) is 8.39. The highest BCUT2D eigenvalue weighted by molar-refractivity contribution is 8.00. The highest BCUT2D eigenvalue weighted by Gasteiger charge is 2.14. The van der Waals surface area contributed by atoms with Crippen molar-refractivity contribution in [3.8, 4) is 0 Å². The summed E-state index contributed by atoms with van der Waals surface area (Å²) >= 11 is 1.59. The van der Waals surface area contributed by atoms with Crippen molar-refractivity contribution in [2.75, 3.05) is 0 Å². The predicted molar refractivity (Wildman–Crippen MR) is 64.5 cm³/mol. The Morgan fingerprint density at radius 2 is 2.13 bits per heavy atom. The summed E-state index contributed by atoms with van der Waals surface area (Å²) in [5.41, 5.74) is 0.827. The van der Waals surface area contributed by atoms with Crippen LogP contribution in [0.25, 0.3) is 0 Å². The smallest absolute Gasteiger partial charge is 0.251 e. The van der Waals surface area contributed by atoms with Crippen LogP contribution in [0.15, 0.2) is 16.0 Å². The standard InChI is InChI=1S/C11H18N2OS/c1-5-6-8-7-9(14)13-10(12-8)15-11(2,3)4/h7H,5-6H2,1-4H3,(H,12,13,14). The molecule has 1 aromatic rings. The summed E-state index contributed by atoms with van der Waals surface area (Å²) < 4.78 is 0.0702. The third-order valence-electron chi connectivity index (χ3n) is 1.68. The van der Waals surface area contributed by atoms with E-state index >= 15 is 0 Å². The van der Waals surface area contributed by atoms with Crippen molar-refractivity contribution < 1.29 is 0 Å². The van der Waals surface area contributed by atoms with Crippen molar-refractivity contribution in [2.24, 2.45) is 0 Å². The van der Waals surface area contributed by atoms with Crippen molar-refractivity contribution >= 4 is 11.8 Å². The maximum Gasteiger partial charge on any atom is 0.251 e. The predicted octanol–water partition coefficient (Wildman–Crippen LogP) is 2.61. The van der Waals surface area contributed by atoms with Gasteiger partial charge in [-0.15, -0.1) is 0 Å². The Morgan fingerprint density at radius 3 is 2.67 bits per heavy atom. The molecule has 0 aliphatic carbocycles. The zero-order chi connectivity index (χ0) is 11.5. The van der Waals surface area contributed by atoms with Crippen molar-refractivity contribution in [1.29, 1.82) is 0 Å². The number of hydrogen-bond acceptors (Lipinski definition) is 3. The molecule has 4 heteroatoms. The minimum Gasteiger partial charge on any atom is -0.301 e. The third kappa shape index (κ3) is 4.51. The molecule has 0 radical (unpaired) electrons. The SMILES string of the molecule is CCCc1cc(=O)[nH]c(SC(C)(C)C)n1. The Labute approximate surface area is 94.7 Å². The first kappa shape index (κ1) is 12.3. The average Bonchev–Trinajstić information content (AvgIpc) is 1.99. The second kappa shape index (κ2) is 4.84. The maximum atomic E-state index is 11.4. The first-order chi connectivity index (χ1) is 6.90. The van der Waals surface area contributed by atoms with Crippen molar-refractivity contribution in [3.05, 3.63) is 22.1 Å². The van der Waals surface area contributed by atoms with E-state index in [1.807, 2.05) is 0 Å². The number of rotatable bonds is 3. The van der Waals surface area contributed by atoms with Gasteiger partial charge in [-0.05, 0) is 6.42 Å². The molecule has 1 aromatic heterocycles. The van der Waals surface area contributed by atoms with Gasteiger partial charge in [0.2, 0.25) is 0 Å². The molecule has 0 unspecified atom stereocenters. The van der Waals surface area contributed by atoms with E-state index in [9.17, 15) is 4.79 Å². The molecular weight excluding hydrogens is 208 g/mol. The molecule has 15 heavy (non-hydrogen) atoms. The lowest BCUT2D eigenvalue weighted by Gasteiger charge is -2.16. The van der Waals surface area contributed by atoms with Gasteiger partial charge in [0, 0.05) is 16.5 Å². The van der Waals surface area contributed by atoms with Gasteiger partial charge >= 0.3 is 0 Å². The molecule has 0 aliphatic rings. The third-order valence-corrected chi connectivity index (χ3v) is 2.68. The molecule has 0 spiro atoms. The van der Waals surface area contributed by atoms with Gasteiger partial charge in [0.15, 0.2) is 5.16 Å². The Bertz CT molecular complexity index is 379. The van der Waals surface area contributed by atoms with Crippen molar-refractivity contribution in [2.45, 2.75) is 50.4 Å². The number of thioether (sulfide) groups is 1. The summed E-state index contributed by atoms with van der Waals surface area (Å²) in [4.78, 5) is 18.5. The topological polar surface area (TPSA) is 45.8 Å². The average molecular weight is 226 g/mol. The highest BCUT2D eigenvalue weighted by Crippen LogP contribution is 2.28. The van der Waals surface area contributed by atoms with E-state index in [1.54, 1.807) is 17.8 Å². The quantitative estimate of drug-likeness (QED) is 0.636.